The van der Waals surface area contributed by atoms with Crippen LogP contribution in [0.15, 0.2) is 24.5 Å². The molecule has 6 nitrogen and oxygen atoms in total. The van der Waals surface area contributed by atoms with Crippen molar-refractivity contribution in [1.82, 2.24) is 9.97 Å². The second kappa shape index (κ2) is 4.15. The number of aromatic amines is 1. The summed E-state index contributed by atoms with van der Waals surface area (Å²) in [7, 11) is -2.53. The predicted octanol–water partition coefficient (Wildman–Crippen LogP) is 0.358. The van der Waals surface area contributed by atoms with E-state index in [9.17, 15) is 13.2 Å². The van der Waals surface area contributed by atoms with Gasteiger partial charge in [-0.25, -0.2) is 9.78 Å². The lowest BCUT2D eigenvalue weighted by Crippen LogP contribution is -2.04. The Morgan fingerprint density at radius 3 is 3.00 bits per heavy atom. The Kier molecular flexibility index (Phi) is 2.69. The van der Waals surface area contributed by atoms with Crippen molar-refractivity contribution in [3.63, 3.8) is 0 Å². The molecular weight excluding hydrogens is 232 g/mol. The maximum absolute atomic E-state index is 11.5. The summed E-state index contributed by atoms with van der Waals surface area (Å²) in [5.74, 6) is -0.762. The van der Waals surface area contributed by atoms with Crippen LogP contribution in [-0.4, -0.2) is 29.9 Å². The van der Waals surface area contributed by atoms with Gasteiger partial charge in [-0.1, -0.05) is 6.07 Å². The molecule has 0 aliphatic heterocycles. The van der Waals surface area contributed by atoms with Gasteiger partial charge in [0.25, 0.3) is 0 Å². The van der Waals surface area contributed by atoms with E-state index < -0.39 is 16.3 Å². The summed E-state index contributed by atoms with van der Waals surface area (Å²) in [4.78, 5) is 18.3. The number of aromatic nitrogens is 2. The van der Waals surface area contributed by atoms with Gasteiger partial charge >= 0.3 is 5.97 Å². The molecule has 0 aliphatic carbocycles. The summed E-state index contributed by atoms with van der Waals surface area (Å²) in [6.07, 6.45) is 1.44. The Morgan fingerprint density at radius 1 is 1.44 bits per heavy atom. The van der Waals surface area contributed by atoms with Crippen LogP contribution in [0.3, 0.4) is 0 Å². The minimum Gasteiger partial charge on any atom is -0.414 e. The second-order valence-electron chi connectivity index (χ2n) is 2.87. The summed E-state index contributed by atoms with van der Waals surface area (Å²) in [5, 5.41) is 0. The van der Waals surface area contributed by atoms with Crippen molar-refractivity contribution in [1.29, 1.82) is 0 Å². The molecule has 16 heavy (non-hydrogen) atoms. The van der Waals surface area contributed by atoms with E-state index in [1.807, 2.05) is 0 Å². The Bertz CT molecular complexity index is 664. The van der Waals surface area contributed by atoms with E-state index in [0.29, 0.717) is 16.6 Å². The topological polar surface area (TPSA) is 89.1 Å². The number of hydrogen-bond acceptors (Lipinski definition) is 5. The van der Waals surface area contributed by atoms with E-state index in [2.05, 4.69) is 14.7 Å². The number of carbonyl (C=O) groups excluding carboxylic acids is 1. The molecule has 1 N–H and O–H groups in total. The number of ether oxygens (including phenoxy) is 1. The van der Waals surface area contributed by atoms with Gasteiger partial charge in [0.05, 0.1) is 17.4 Å². The Hall–Kier alpha value is -2.15. The van der Waals surface area contributed by atoms with Gasteiger partial charge in [0.2, 0.25) is 15.8 Å². The van der Waals surface area contributed by atoms with Gasteiger partial charge in [0, 0.05) is 0 Å². The first-order valence-corrected chi connectivity index (χ1v) is 5.37. The fourth-order valence-corrected chi connectivity index (χ4v) is 1.44. The Morgan fingerprint density at radius 2 is 2.25 bits per heavy atom. The third kappa shape index (κ3) is 1.94. The Balaban J connectivity index is 2.43. The van der Waals surface area contributed by atoms with E-state index in [1.165, 1.54) is 12.4 Å². The molecule has 0 saturated carbocycles. The number of imidazole rings is 1. The molecule has 0 unspecified atom stereocenters. The smallest absolute Gasteiger partial charge is 0.346 e. The number of fused-ring (bicyclic) bond motifs is 1. The van der Waals surface area contributed by atoms with Crippen LogP contribution in [0.25, 0.3) is 11.0 Å². The average Bonchev–Trinajstić information content (AvgIpc) is 2.73. The van der Waals surface area contributed by atoms with E-state index in [0.717, 1.165) is 0 Å². The molecule has 0 radical (unpaired) electrons. The molecule has 0 saturated heterocycles. The van der Waals surface area contributed by atoms with E-state index in [-0.39, 0.29) is 5.56 Å². The molecule has 1 aromatic heterocycles. The van der Waals surface area contributed by atoms with E-state index >= 15 is 0 Å². The zero-order valence-electron chi connectivity index (χ0n) is 7.88. The van der Waals surface area contributed by atoms with Crippen molar-refractivity contribution in [3.05, 3.63) is 30.1 Å². The van der Waals surface area contributed by atoms with Crippen LogP contribution in [0.2, 0.25) is 0 Å². The number of H-pyrrole nitrogens is 1. The number of para-hydroxylation sites is 1. The SMILES string of the molecule is O=C(OC=S(=O)=O)c1cccc2[nH]cnc12. The first-order chi connectivity index (χ1) is 7.68. The fraction of sp³-hybridized carbons (Fsp3) is 0. The van der Waals surface area contributed by atoms with Crippen molar-refractivity contribution >= 4 is 32.8 Å². The molecule has 82 valence electrons. The van der Waals surface area contributed by atoms with Crippen molar-refractivity contribution in [2.24, 2.45) is 0 Å². The summed E-state index contributed by atoms with van der Waals surface area (Å²) in [6.45, 7) is 0. The van der Waals surface area contributed by atoms with Gasteiger partial charge in [-0.3, -0.25) is 0 Å². The monoisotopic (exact) mass is 238 g/mol. The molecule has 1 aromatic carbocycles. The van der Waals surface area contributed by atoms with Crippen LogP contribution in [0.1, 0.15) is 10.4 Å². The van der Waals surface area contributed by atoms with Crippen molar-refractivity contribution < 1.29 is 17.9 Å². The minimum absolute atomic E-state index is 0.209. The molecule has 0 fully saturated rings. The molecule has 7 heteroatoms. The molecule has 0 amide bonds. The average molecular weight is 238 g/mol. The van der Waals surface area contributed by atoms with Crippen molar-refractivity contribution in [2.75, 3.05) is 0 Å². The van der Waals surface area contributed by atoms with Crippen LogP contribution in [-0.2, 0) is 15.0 Å². The maximum Gasteiger partial charge on any atom is 0.346 e. The van der Waals surface area contributed by atoms with E-state index in [1.54, 1.807) is 12.1 Å². The second-order valence-corrected chi connectivity index (χ2v) is 3.58. The lowest BCUT2D eigenvalue weighted by atomic mass is 10.2. The molecule has 0 bridgehead atoms. The molecule has 2 rings (SSSR count). The fourth-order valence-electron chi connectivity index (χ4n) is 1.28. The number of nitrogens with one attached hydrogen (secondary N) is 1. The molecule has 1 heterocycles. The summed E-state index contributed by atoms with van der Waals surface area (Å²) in [5.41, 5.74) is 1.77. The highest BCUT2D eigenvalue weighted by Gasteiger charge is 2.12. The maximum atomic E-state index is 11.5. The number of nitrogens with zero attached hydrogens (tertiary/aromatic N) is 1. The van der Waals surface area contributed by atoms with E-state index in [4.69, 9.17) is 0 Å². The van der Waals surface area contributed by atoms with Crippen LogP contribution in [0.5, 0.6) is 0 Å². The first kappa shape index (κ1) is 10.4. The summed E-state index contributed by atoms with van der Waals surface area (Å²) in [6, 6.07) is 4.90. The third-order valence-electron chi connectivity index (χ3n) is 1.90. The predicted molar refractivity (Wildman–Crippen MR) is 56.5 cm³/mol. The summed E-state index contributed by atoms with van der Waals surface area (Å²) >= 11 is 0. The van der Waals surface area contributed by atoms with Crippen LogP contribution >= 0.6 is 0 Å². The van der Waals surface area contributed by atoms with Crippen LogP contribution in [0, 0.1) is 0 Å². The van der Waals surface area contributed by atoms with Gasteiger partial charge in [-0.15, -0.1) is 0 Å². The number of benzene rings is 1. The lowest BCUT2D eigenvalue weighted by Gasteiger charge is -1.98. The number of rotatable bonds is 2. The van der Waals surface area contributed by atoms with Crippen LogP contribution in [0.4, 0.5) is 0 Å². The highest BCUT2D eigenvalue weighted by Crippen LogP contribution is 2.14. The zero-order chi connectivity index (χ0) is 11.5. The molecule has 0 atom stereocenters. The number of carbonyl (C=O) groups is 1. The van der Waals surface area contributed by atoms with Gasteiger partial charge in [0.1, 0.15) is 5.52 Å². The molecule has 2 aromatic rings. The first-order valence-electron chi connectivity index (χ1n) is 4.23. The van der Waals surface area contributed by atoms with Gasteiger partial charge < -0.3 is 9.72 Å². The highest BCUT2D eigenvalue weighted by atomic mass is 32.2. The standard InChI is InChI=1S/C9H6N2O4S/c12-9(15-5-16(13)14)6-2-1-3-7-8(6)11-4-10-7/h1-5H,(H,10,11). The van der Waals surface area contributed by atoms with Gasteiger partial charge in [-0.05, 0) is 12.1 Å². The van der Waals surface area contributed by atoms with Crippen molar-refractivity contribution in [2.45, 2.75) is 0 Å². The Labute approximate surface area is 91.4 Å². The van der Waals surface area contributed by atoms with Gasteiger partial charge in [0.15, 0.2) is 0 Å². The van der Waals surface area contributed by atoms with Crippen molar-refractivity contribution in [3.8, 4) is 0 Å². The third-order valence-corrected chi connectivity index (χ3v) is 2.16. The normalized spacial score (nSPS) is 10.0. The molecule has 0 aliphatic rings. The quantitative estimate of drug-likeness (QED) is 0.602. The molecule has 0 spiro atoms. The van der Waals surface area contributed by atoms with Crippen LogP contribution < -0.4 is 0 Å². The molecular formula is C9H6N2O4S. The summed E-state index contributed by atoms with van der Waals surface area (Å²) < 4.78 is 24.8. The lowest BCUT2D eigenvalue weighted by molar-refractivity contribution is 0.0734. The zero-order valence-corrected chi connectivity index (χ0v) is 8.69. The number of hydrogen-bond donors (Lipinski definition) is 1. The minimum atomic E-state index is -2.53. The largest absolute Gasteiger partial charge is 0.414 e. The number of esters is 1. The van der Waals surface area contributed by atoms with Gasteiger partial charge in [-0.2, -0.15) is 8.42 Å². The highest BCUT2D eigenvalue weighted by molar-refractivity contribution is 7.71.